The molecule has 2 aromatic rings. The highest BCUT2D eigenvalue weighted by Gasteiger charge is 2.18. The smallest absolute Gasteiger partial charge is 0.251 e. The molecule has 0 aliphatic carbocycles. The second kappa shape index (κ2) is 9.28. The van der Waals surface area contributed by atoms with E-state index in [9.17, 15) is 4.79 Å². The lowest BCUT2D eigenvalue weighted by Crippen LogP contribution is -2.27. The van der Waals surface area contributed by atoms with Crippen LogP contribution in [0.5, 0.6) is 11.5 Å². The first kappa shape index (κ1) is 19.1. The average molecular weight is 363 g/mol. The van der Waals surface area contributed by atoms with E-state index in [0.717, 1.165) is 12.1 Å². The monoisotopic (exact) mass is 362 g/mol. The first-order chi connectivity index (χ1) is 12.1. The third-order valence-electron chi connectivity index (χ3n) is 3.50. The third-order valence-corrected chi connectivity index (χ3v) is 3.78. The van der Waals surface area contributed by atoms with Gasteiger partial charge in [0.05, 0.1) is 30.0 Å². The van der Waals surface area contributed by atoms with Crippen molar-refractivity contribution >= 4 is 17.5 Å². The predicted octanol–water partition coefficient (Wildman–Crippen LogP) is 4.41. The van der Waals surface area contributed by atoms with Gasteiger partial charge in [0.25, 0.3) is 5.91 Å². The molecule has 0 spiro atoms. The average Bonchev–Trinajstić information content (AvgIpc) is 2.61. The lowest BCUT2D eigenvalue weighted by atomic mass is 10.1. The van der Waals surface area contributed by atoms with Crippen LogP contribution in [0.1, 0.15) is 49.3 Å². The van der Waals surface area contributed by atoms with Gasteiger partial charge in [-0.15, -0.1) is 0 Å². The second-order valence-electron chi connectivity index (χ2n) is 5.52. The van der Waals surface area contributed by atoms with E-state index in [4.69, 9.17) is 21.1 Å². The van der Waals surface area contributed by atoms with Crippen molar-refractivity contribution in [2.24, 2.45) is 0 Å². The van der Waals surface area contributed by atoms with Gasteiger partial charge in [-0.25, -0.2) is 0 Å². The summed E-state index contributed by atoms with van der Waals surface area (Å²) >= 11 is 6.31. The van der Waals surface area contributed by atoms with Gasteiger partial charge in [0.1, 0.15) is 0 Å². The molecule has 0 aliphatic heterocycles. The van der Waals surface area contributed by atoms with Crippen LogP contribution in [0.15, 0.2) is 36.5 Å². The minimum Gasteiger partial charge on any atom is -0.490 e. The normalized spacial score (nSPS) is 11.7. The van der Waals surface area contributed by atoms with E-state index in [0.29, 0.717) is 35.3 Å². The van der Waals surface area contributed by atoms with E-state index >= 15 is 0 Å². The quantitative estimate of drug-likeness (QED) is 0.755. The molecule has 6 heteroatoms. The molecule has 0 radical (unpaired) electrons. The molecule has 1 N–H and O–H groups in total. The molecule has 134 valence electrons. The van der Waals surface area contributed by atoms with Gasteiger partial charge in [0, 0.05) is 11.8 Å². The Labute approximate surface area is 153 Å². The molecular weight excluding hydrogens is 340 g/mol. The van der Waals surface area contributed by atoms with Crippen LogP contribution in [-0.4, -0.2) is 24.1 Å². The zero-order valence-electron chi connectivity index (χ0n) is 14.7. The summed E-state index contributed by atoms with van der Waals surface area (Å²) in [7, 11) is 0. The van der Waals surface area contributed by atoms with E-state index in [-0.39, 0.29) is 11.9 Å². The van der Waals surface area contributed by atoms with Crippen molar-refractivity contribution < 1.29 is 14.3 Å². The molecule has 0 fully saturated rings. The Morgan fingerprint density at radius 3 is 2.72 bits per heavy atom. The largest absolute Gasteiger partial charge is 0.490 e. The van der Waals surface area contributed by atoms with Crippen LogP contribution >= 0.6 is 11.6 Å². The molecule has 1 aromatic carbocycles. The Morgan fingerprint density at radius 1 is 1.28 bits per heavy atom. The number of ether oxygens (including phenoxy) is 2. The van der Waals surface area contributed by atoms with Gasteiger partial charge in [-0.05, 0) is 44.5 Å². The van der Waals surface area contributed by atoms with E-state index < -0.39 is 0 Å². The standard InChI is InChI=1S/C19H23ClN2O3/c1-4-10-25-18-15(20)11-14(12-17(18)24-5-2)19(23)22-13(3)16-8-6-7-9-21-16/h6-9,11-13H,4-5,10H2,1-3H3,(H,22,23). The molecule has 5 nitrogen and oxygen atoms in total. The molecule has 1 atom stereocenters. The number of carbonyl (C=O) groups is 1. The minimum atomic E-state index is -0.247. The zero-order valence-corrected chi connectivity index (χ0v) is 15.5. The van der Waals surface area contributed by atoms with E-state index in [2.05, 4.69) is 10.3 Å². The van der Waals surface area contributed by atoms with Crippen molar-refractivity contribution in [3.63, 3.8) is 0 Å². The molecule has 1 unspecified atom stereocenters. The topological polar surface area (TPSA) is 60.5 Å². The van der Waals surface area contributed by atoms with Gasteiger partial charge >= 0.3 is 0 Å². The Hall–Kier alpha value is -2.27. The Morgan fingerprint density at radius 2 is 2.08 bits per heavy atom. The van der Waals surface area contributed by atoms with Gasteiger partial charge in [0.2, 0.25) is 0 Å². The summed E-state index contributed by atoms with van der Waals surface area (Å²) in [5.41, 5.74) is 1.20. The van der Waals surface area contributed by atoms with Crippen molar-refractivity contribution in [1.82, 2.24) is 10.3 Å². The minimum absolute atomic E-state index is 0.223. The summed E-state index contributed by atoms with van der Waals surface area (Å²) in [5.74, 6) is 0.696. The highest BCUT2D eigenvalue weighted by molar-refractivity contribution is 6.32. The number of hydrogen-bond donors (Lipinski definition) is 1. The lowest BCUT2D eigenvalue weighted by Gasteiger charge is -2.16. The van der Waals surface area contributed by atoms with Gasteiger partial charge < -0.3 is 14.8 Å². The van der Waals surface area contributed by atoms with Crippen LogP contribution in [0, 0.1) is 0 Å². The van der Waals surface area contributed by atoms with E-state index in [1.807, 2.05) is 39.0 Å². The fraction of sp³-hybridized carbons (Fsp3) is 0.368. The first-order valence-corrected chi connectivity index (χ1v) is 8.75. The number of nitrogens with zero attached hydrogens (tertiary/aromatic N) is 1. The van der Waals surface area contributed by atoms with E-state index in [1.165, 1.54) is 0 Å². The van der Waals surface area contributed by atoms with Crippen molar-refractivity contribution in [2.45, 2.75) is 33.2 Å². The summed E-state index contributed by atoms with van der Waals surface area (Å²) in [6, 6.07) is 8.61. The molecule has 1 heterocycles. The van der Waals surface area contributed by atoms with E-state index in [1.54, 1.807) is 18.3 Å². The maximum atomic E-state index is 12.6. The number of amides is 1. The number of aromatic nitrogens is 1. The molecule has 0 saturated heterocycles. The number of benzene rings is 1. The third kappa shape index (κ3) is 5.10. The van der Waals surface area contributed by atoms with Gasteiger partial charge in [0.15, 0.2) is 11.5 Å². The fourth-order valence-electron chi connectivity index (χ4n) is 2.29. The van der Waals surface area contributed by atoms with Crippen LogP contribution in [0.2, 0.25) is 5.02 Å². The van der Waals surface area contributed by atoms with Crippen LogP contribution in [-0.2, 0) is 0 Å². The van der Waals surface area contributed by atoms with Crippen molar-refractivity contribution in [2.75, 3.05) is 13.2 Å². The first-order valence-electron chi connectivity index (χ1n) is 8.37. The molecule has 25 heavy (non-hydrogen) atoms. The molecule has 1 aromatic heterocycles. The number of carbonyl (C=O) groups excluding carboxylic acids is 1. The van der Waals surface area contributed by atoms with Crippen molar-refractivity contribution in [3.05, 3.63) is 52.8 Å². The lowest BCUT2D eigenvalue weighted by molar-refractivity contribution is 0.0938. The number of pyridine rings is 1. The number of hydrogen-bond acceptors (Lipinski definition) is 4. The SMILES string of the molecule is CCCOc1c(Cl)cc(C(=O)NC(C)c2ccccn2)cc1OCC. The van der Waals surface area contributed by atoms with Gasteiger partial charge in [-0.2, -0.15) is 0 Å². The van der Waals surface area contributed by atoms with Gasteiger partial charge in [-0.1, -0.05) is 24.6 Å². The Bertz CT molecular complexity index is 707. The summed E-state index contributed by atoms with van der Waals surface area (Å²) in [5, 5.41) is 3.27. The summed E-state index contributed by atoms with van der Waals surface area (Å²) in [6.45, 7) is 6.74. The van der Waals surface area contributed by atoms with Gasteiger partial charge in [-0.3, -0.25) is 9.78 Å². The second-order valence-corrected chi connectivity index (χ2v) is 5.92. The molecule has 1 amide bonds. The number of rotatable bonds is 8. The molecule has 2 rings (SSSR count). The molecule has 0 aliphatic rings. The summed E-state index contributed by atoms with van der Waals surface area (Å²) in [4.78, 5) is 16.8. The Kier molecular flexibility index (Phi) is 7.07. The zero-order chi connectivity index (χ0) is 18.2. The number of nitrogens with one attached hydrogen (secondary N) is 1. The number of halogens is 1. The predicted molar refractivity (Wildman–Crippen MR) is 98.5 cm³/mol. The maximum absolute atomic E-state index is 12.6. The highest BCUT2D eigenvalue weighted by Crippen LogP contribution is 2.37. The maximum Gasteiger partial charge on any atom is 0.251 e. The van der Waals surface area contributed by atoms with Crippen molar-refractivity contribution in [1.29, 1.82) is 0 Å². The summed E-state index contributed by atoms with van der Waals surface area (Å²) in [6.07, 6.45) is 2.55. The van der Waals surface area contributed by atoms with Crippen LogP contribution in [0.25, 0.3) is 0 Å². The molecule has 0 saturated carbocycles. The van der Waals surface area contributed by atoms with Crippen LogP contribution in [0.4, 0.5) is 0 Å². The molecule has 0 bridgehead atoms. The summed E-state index contributed by atoms with van der Waals surface area (Å²) < 4.78 is 11.2. The van der Waals surface area contributed by atoms with Crippen LogP contribution in [0.3, 0.4) is 0 Å². The fourth-order valence-corrected chi connectivity index (χ4v) is 2.56. The van der Waals surface area contributed by atoms with Crippen LogP contribution < -0.4 is 14.8 Å². The Balaban J connectivity index is 2.21. The van der Waals surface area contributed by atoms with Crippen molar-refractivity contribution in [3.8, 4) is 11.5 Å². The molecular formula is C19H23ClN2O3. The highest BCUT2D eigenvalue weighted by atomic mass is 35.5.